The Morgan fingerprint density at radius 1 is 1.07 bits per heavy atom. The van der Waals surface area contributed by atoms with E-state index in [0.29, 0.717) is 14.5 Å². The predicted octanol–water partition coefficient (Wildman–Crippen LogP) is 0.634. The Bertz CT molecular complexity index is 616. The van der Waals surface area contributed by atoms with Gasteiger partial charge in [0.2, 0.25) is 0 Å². The summed E-state index contributed by atoms with van der Waals surface area (Å²) in [6, 6.07) is 8.00. The molecule has 14 heavy (non-hydrogen) atoms. The van der Waals surface area contributed by atoms with Gasteiger partial charge in [-0.05, 0) is 0 Å². The molecule has 0 aliphatic heterocycles. The quantitative estimate of drug-likeness (QED) is 0.569. The van der Waals surface area contributed by atoms with E-state index in [2.05, 4.69) is 30.9 Å². The maximum atomic E-state index is 4.60. The molecule has 0 atom stereocenters. The van der Waals surface area contributed by atoms with E-state index in [1.165, 1.54) is 0 Å². The molecular weight excluding hydrogens is 306 g/mol. The van der Waals surface area contributed by atoms with Crippen LogP contribution in [0.25, 0.3) is 20.9 Å². The molecule has 1 radical (unpaired) electrons. The van der Waals surface area contributed by atoms with Gasteiger partial charge in [-0.15, -0.1) is 0 Å². The molecule has 0 unspecified atom stereocenters. The SMILES string of the molecule is [Se]c1c[se]c2nc3ccccc3nc12. The number of fused-ring (bicyclic) bond motifs is 2. The van der Waals surface area contributed by atoms with Crippen molar-refractivity contribution in [3.8, 4) is 0 Å². The van der Waals surface area contributed by atoms with Crippen molar-refractivity contribution in [2.75, 3.05) is 0 Å². The normalized spacial score (nSPS) is 11.1. The summed E-state index contributed by atoms with van der Waals surface area (Å²) in [5, 5.41) is 0. The molecule has 0 spiro atoms. The summed E-state index contributed by atoms with van der Waals surface area (Å²) < 4.78 is 2.29. The van der Waals surface area contributed by atoms with E-state index >= 15 is 0 Å². The van der Waals surface area contributed by atoms with Crippen molar-refractivity contribution >= 4 is 55.9 Å². The van der Waals surface area contributed by atoms with Crippen molar-refractivity contribution in [3.63, 3.8) is 0 Å². The minimum atomic E-state index is 0.354. The van der Waals surface area contributed by atoms with Crippen LogP contribution in [-0.2, 0) is 0 Å². The van der Waals surface area contributed by atoms with Crippen LogP contribution in [-0.4, -0.2) is 40.5 Å². The molecule has 0 saturated heterocycles. The van der Waals surface area contributed by atoms with Gasteiger partial charge in [-0.2, -0.15) is 0 Å². The fraction of sp³-hybridized carbons (Fsp3) is 0. The van der Waals surface area contributed by atoms with E-state index in [1.54, 1.807) is 0 Å². The van der Waals surface area contributed by atoms with Gasteiger partial charge in [-0.1, -0.05) is 0 Å². The van der Waals surface area contributed by atoms with Gasteiger partial charge in [-0.25, -0.2) is 0 Å². The first kappa shape index (κ1) is 8.63. The first-order valence-electron chi connectivity index (χ1n) is 4.15. The Kier molecular flexibility index (Phi) is 1.96. The van der Waals surface area contributed by atoms with Gasteiger partial charge in [0.05, 0.1) is 0 Å². The molecule has 0 bridgehead atoms. The Labute approximate surface area is 94.9 Å². The van der Waals surface area contributed by atoms with Crippen molar-refractivity contribution in [2.45, 2.75) is 0 Å². The van der Waals surface area contributed by atoms with Crippen LogP contribution < -0.4 is 4.46 Å². The molecule has 0 amide bonds. The van der Waals surface area contributed by atoms with Gasteiger partial charge in [0.15, 0.2) is 0 Å². The predicted molar refractivity (Wildman–Crippen MR) is 59.4 cm³/mol. The molecule has 3 rings (SSSR count). The number of benzene rings is 1. The van der Waals surface area contributed by atoms with E-state index in [1.807, 2.05) is 24.3 Å². The first-order valence-corrected chi connectivity index (χ1v) is 6.86. The van der Waals surface area contributed by atoms with Crippen LogP contribution in [0.1, 0.15) is 0 Å². The number of para-hydroxylation sites is 2. The fourth-order valence-corrected chi connectivity index (χ4v) is 4.11. The van der Waals surface area contributed by atoms with Crippen LogP contribution in [0.15, 0.2) is 29.2 Å². The summed E-state index contributed by atoms with van der Waals surface area (Å²) in [5.74, 6) is 0. The van der Waals surface area contributed by atoms with Gasteiger partial charge in [0.25, 0.3) is 0 Å². The zero-order chi connectivity index (χ0) is 9.54. The van der Waals surface area contributed by atoms with Crippen molar-refractivity contribution in [1.29, 1.82) is 0 Å². The third kappa shape index (κ3) is 1.23. The molecule has 0 aliphatic rings. The molecule has 2 aromatic heterocycles. The van der Waals surface area contributed by atoms with Gasteiger partial charge in [0.1, 0.15) is 0 Å². The van der Waals surface area contributed by atoms with Gasteiger partial charge in [-0.3, -0.25) is 0 Å². The van der Waals surface area contributed by atoms with Gasteiger partial charge >= 0.3 is 95.1 Å². The number of aromatic nitrogens is 2. The second-order valence-corrected chi connectivity index (χ2v) is 5.69. The zero-order valence-electron chi connectivity index (χ0n) is 7.10. The van der Waals surface area contributed by atoms with Crippen LogP contribution in [0.5, 0.6) is 0 Å². The molecule has 1 aromatic carbocycles. The second kappa shape index (κ2) is 3.18. The number of hydrogen-bond acceptors (Lipinski definition) is 2. The van der Waals surface area contributed by atoms with Gasteiger partial charge in [0, 0.05) is 0 Å². The molecule has 67 valence electrons. The molecular formula is C10H5N2Se2. The van der Waals surface area contributed by atoms with E-state index in [0.717, 1.165) is 25.4 Å². The molecule has 2 nitrogen and oxygen atoms in total. The summed E-state index contributed by atoms with van der Waals surface area (Å²) in [5.41, 5.74) is 3.02. The van der Waals surface area contributed by atoms with Crippen LogP contribution in [0.4, 0.5) is 0 Å². The number of rotatable bonds is 0. The molecule has 2 heterocycles. The van der Waals surface area contributed by atoms with Crippen LogP contribution >= 0.6 is 0 Å². The van der Waals surface area contributed by atoms with Crippen LogP contribution in [0.2, 0.25) is 0 Å². The third-order valence-corrected chi connectivity index (χ3v) is 5.27. The molecule has 0 fully saturated rings. The molecule has 0 saturated carbocycles. The second-order valence-electron chi connectivity index (χ2n) is 2.97. The topological polar surface area (TPSA) is 25.8 Å². The van der Waals surface area contributed by atoms with Crippen LogP contribution in [0.3, 0.4) is 0 Å². The molecule has 0 aliphatic carbocycles. The van der Waals surface area contributed by atoms with E-state index in [4.69, 9.17) is 0 Å². The first-order chi connectivity index (χ1) is 6.84. The average Bonchev–Trinajstić information content (AvgIpc) is 2.57. The summed E-state index contributed by atoms with van der Waals surface area (Å²) in [4.78, 5) is 11.4. The molecule has 3 aromatic rings. The van der Waals surface area contributed by atoms with E-state index < -0.39 is 0 Å². The molecule has 0 N–H and O–H groups in total. The fourth-order valence-electron chi connectivity index (χ4n) is 1.39. The van der Waals surface area contributed by atoms with E-state index in [9.17, 15) is 0 Å². The van der Waals surface area contributed by atoms with Crippen molar-refractivity contribution < 1.29 is 0 Å². The Morgan fingerprint density at radius 2 is 1.79 bits per heavy atom. The maximum absolute atomic E-state index is 4.60. The Hall–Kier alpha value is -0.661. The van der Waals surface area contributed by atoms with Crippen molar-refractivity contribution in [3.05, 3.63) is 29.2 Å². The monoisotopic (exact) mass is 313 g/mol. The Morgan fingerprint density at radius 3 is 2.57 bits per heavy atom. The molecule has 4 heteroatoms. The Balaban J connectivity index is 2.54. The van der Waals surface area contributed by atoms with Crippen molar-refractivity contribution in [1.82, 2.24) is 9.97 Å². The summed E-state index contributed by atoms with van der Waals surface area (Å²) in [6.07, 6.45) is 0. The summed E-state index contributed by atoms with van der Waals surface area (Å²) >= 11 is 3.39. The summed E-state index contributed by atoms with van der Waals surface area (Å²) in [6.45, 7) is 0. The zero-order valence-corrected chi connectivity index (χ0v) is 10.5. The minimum absolute atomic E-state index is 0.354. The summed E-state index contributed by atoms with van der Waals surface area (Å²) in [7, 11) is 0. The number of nitrogens with zero attached hydrogens (tertiary/aromatic N) is 2. The van der Waals surface area contributed by atoms with Crippen molar-refractivity contribution in [2.24, 2.45) is 0 Å². The standard InChI is InChI=1S/C10H5N2Se2/c13-8-5-14-10-9(8)11-6-3-1-2-4-7(6)12-10/h1-5H. The van der Waals surface area contributed by atoms with Gasteiger partial charge < -0.3 is 0 Å². The number of hydrogen-bond donors (Lipinski definition) is 0. The van der Waals surface area contributed by atoms with E-state index in [-0.39, 0.29) is 0 Å². The van der Waals surface area contributed by atoms with Crippen LogP contribution in [0, 0.1) is 0 Å². The average molecular weight is 311 g/mol. The third-order valence-electron chi connectivity index (χ3n) is 2.05.